The van der Waals surface area contributed by atoms with E-state index in [9.17, 15) is 17.6 Å². The van der Waals surface area contributed by atoms with Crippen LogP contribution in [0.15, 0.2) is 0 Å². The minimum atomic E-state index is -3.76. The van der Waals surface area contributed by atoms with Gasteiger partial charge in [0.25, 0.3) is 0 Å². The Kier molecular flexibility index (Phi) is 7.32. The van der Waals surface area contributed by atoms with Crippen LogP contribution in [-0.4, -0.2) is 11.8 Å². The summed E-state index contributed by atoms with van der Waals surface area (Å²) < 4.78 is 51.3. The molecular formula is C16H28F4. The lowest BCUT2D eigenvalue weighted by Crippen LogP contribution is -2.58. The Morgan fingerprint density at radius 3 is 1.60 bits per heavy atom. The predicted molar refractivity (Wildman–Crippen MR) is 74.5 cm³/mol. The molecule has 0 radical (unpaired) electrons. The quantitative estimate of drug-likeness (QED) is 0.298. The summed E-state index contributed by atoms with van der Waals surface area (Å²) in [6.07, 6.45) is 11.0. The topological polar surface area (TPSA) is 0 Å². The molecule has 4 heteroatoms. The third-order valence-corrected chi connectivity index (χ3v) is 4.41. The van der Waals surface area contributed by atoms with Gasteiger partial charge in [-0.15, -0.1) is 0 Å². The molecule has 1 fully saturated rings. The molecule has 0 aliphatic heterocycles. The molecule has 1 rings (SSSR count). The fraction of sp³-hybridized carbons (Fsp3) is 1.00. The highest BCUT2D eigenvalue weighted by atomic mass is 19.3. The summed E-state index contributed by atoms with van der Waals surface area (Å²) in [6.45, 7) is 2.20. The predicted octanol–water partition coefficient (Wildman–Crippen LogP) is 6.59. The second kappa shape index (κ2) is 8.23. The molecule has 20 heavy (non-hydrogen) atoms. The maximum atomic E-state index is 13.0. The molecule has 0 N–H and O–H groups in total. The van der Waals surface area contributed by atoms with Gasteiger partial charge in [-0.25, -0.2) is 0 Å². The Hall–Kier alpha value is -0.280. The van der Waals surface area contributed by atoms with Crippen molar-refractivity contribution in [2.24, 2.45) is 5.92 Å². The average Bonchev–Trinajstić information content (AvgIpc) is 2.39. The molecule has 0 aromatic rings. The molecule has 1 aliphatic carbocycles. The highest BCUT2D eigenvalue weighted by Gasteiger charge is 2.70. The van der Waals surface area contributed by atoms with E-state index in [-0.39, 0.29) is 6.42 Å². The highest BCUT2D eigenvalue weighted by Crippen LogP contribution is 2.56. The minimum Gasteiger partial charge on any atom is -0.200 e. The van der Waals surface area contributed by atoms with Gasteiger partial charge in [0.2, 0.25) is 0 Å². The van der Waals surface area contributed by atoms with Gasteiger partial charge in [0.15, 0.2) is 0 Å². The van der Waals surface area contributed by atoms with E-state index in [2.05, 4.69) is 6.92 Å². The van der Waals surface area contributed by atoms with Crippen LogP contribution in [0.1, 0.15) is 84.0 Å². The number of unbranched alkanes of at least 4 members (excludes halogenated alkanes) is 9. The first-order valence-electron chi connectivity index (χ1n) is 8.17. The lowest BCUT2D eigenvalue weighted by atomic mass is 9.74. The third-order valence-electron chi connectivity index (χ3n) is 4.41. The van der Waals surface area contributed by atoms with E-state index in [1.807, 2.05) is 0 Å². The van der Waals surface area contributed by atoms with Gasteiger partial charge in [0, 0.05) is 12.3 Å². The third kappa shape index (κ3) is 4.92. The Bertz CT molecular complexity index is 263. The molecule has 0 aromatic heterocycles. The van der Waals surface area contributed by atoms with Crippen LogP contribution in [0.5, 0.6) is 0 Å². The summed E-state index contributed by atoms with van der Waals surface area (Å²) in [7, 11) is 0. The van der Waals surface area contributed by atoms with Crippen LogP contribution in [0, 0.1) is 5.92 Å². The van der Waals surface area contributed by atoms with Crippen molar-refractivity contribution in [2.45, 2.75) is 95.8 Å². The van der Waals surface area contributed by atoms with Crippen molar-refractivity contribution >= 4 is 0 Å². The van der Waals surface area contributed by atoms with Gasteiger partial charge >= 0.3 is 11.8 Å². The summed E-state index contributed by atoms with van der Waals surface area (Å²) in [4.78, 5) is 0. The lowest BCUT2D eigenvalue weighted by molar-refractivity contribution is -0.314. The van der Waals surface area contributed by atoms with Crippen molar-refractivity contribution in [3.63, 3.8) is 0 Å². The molecule has 1 saturated carbocycles. The molecule has 0 spiro atoms. The van der Waals surface area contributed by atoms with E-state index in [4.69, 9.17) is 0 Å². The molecule has 0 saturated heterocycles. The average molecular weight is 296 g/mol. The van der Waals surface area contributed by atoms with Gasteiger partial charge < -0.3 is 0 Å². The van der Waals surface area contributed by atoms with Crippen molar-refractivity contribution in [1.29, 1.82) is 0 Å². The smallest absolute Gasteiger partial charge is 0.200 e. The molecule has 0 heterocycles. The zero-order chi connectivity index (χ0) is 15.1. The Labute approximate surface area is 120 Å². The summed E-state index contributed by atoms with van der Waals surface area (Å²) in [5.74, 6) is -8.60. The van der Waals surface area contributed by atoms with Crippen LogP contribution >= 0.6 is 0 Å². The summed E-state index contributed by atoms with van der Waals surface area (Å²) in [6, 6.07) is 0. The molecule has 1 aliphatic rings. The SMILES string of the molecule is CCCCCCCCCCCCC1CC(F)(F)C1(F)F. The van der Waals surface area contributed by atoms with E-state index in [0.717, 1.165) is 19.3 Å². The van der Waals surface area contributed by atoms with E-state index >= 15 is 0 Å². The molecule has 1 atom stereocenters. The molecule has 0 nitrogen and oxygen atoms in total. The van der Waals surface area contributed by atoms with Crippen LogP contribution in [0.4, 0.5) is 17.6 Å². The molecular weight excluding hydrogens is 268 g/mol. The first kappa shape index (κ1) is 17.8. The van der Waals surface area contributed by atoms with Gasteiger partial charge in [-0.2, -0.15) is 17.6 Å². The van der Waals surface area contributed by atoms with Crippen molar-refractivity contribution in [3.8, 4) is 0 Å². The van der Waals surface area contributed by atoms with Crippen LogP contribution in [0.2, 0.25) is 0 Å². The van der Waals surface area contributed by atoms with Gasteiger partial charge in [0.05, 0.1) is 0 Å². The molecule has 1 unspecified atom stereocenters. The van der Waals surface area contributed by atoms with Crippen LogP contribution in [0.25, 0.3) is 0 Å². The Morgan fingerprint density at radius 2 is 1.20 bits per heavy atom. The van der Waals surface area contributed by atoms with E-state index in [0.29, 0.717) is 6.42 Å². The summed E-state index contributed by atoms with van der Waals surface area (Å²) >= 11 is 0. The second-order valence-corrected chi connectivity index (χ2v) is 6.20. The van der Waals surface area contributed by atoms with E-state index in [1.165, 1.54) is 38.5 Å². The van der Waals surface area contributed by atoms with Crippen LogP contribution < -0.4 is 0 Å². The number of rotatable bonds is 11. The highest BCUT2D eigenvalue weighted by molar-refractivity contribution is 5.02. The fourth-order valence-electron chi connectivity index (χ4n) is 2.90. The molecule has 0 bridgehead atoms. The Balaban J connectivity index is 1.89. The second-order valence-electron chi connectivity index (χ2n) is 6.20. The minimum absolute atomic E-state index is 0.249. The van der Waals surface area contributed by atoms with Gasteiger partial charge in [-0.05, 0) is 6.42 Å². The van der Waals surface area contributed by atoms with Gasteiger partial charge in [-0.1, -0.05) is 71.1 Å². The van der Waals surface area contributed by atoms with E-state index < -0.39 is 24.2 Å². The monoisotopic (exact) mass is 296 g/mol. The normalized spacial score (nSPS) is 23.6. The van der Waals surface area contributed by atoms with Crippen LogP contribution in [0.3, 0.4) is 0 Å². The maximum Gasteiger partial charge on any atom is 0.313 e. The lowest BCUT2D eigenvalue weighted by Gasteiger charge is -2.43. The van der Waals surface area contributed by atoms with Gasteiger partial charge in [0.1, 0.15) is 0 Å². The fourth-order valence-corrected chi connectivity index (χ4v) is 2.90. The van der Waals surface area contributed by atoms with Crippen molar-refractivity contribution in [1.82, 2.24) is 0 Å². The summed E-state index contributed by atoms with van der Waals surface area (Å²) in [5.41, 5.74) is 0. The zero-order valence-corrected chi connectivity index (χ0v) is 12.6. The number of hydrogen-bond donors (Lipinski definition) is 0. The number of halogens is 4. The largest absolute Gasteiger partial charge is 0.313 e. The molecule has 120 valence electrons. The standard InChI is InChI=1S/C16H28F4/c1-2-3-4-5-6-7-8-9-10-11-12-14-13-15(17,18)16(14,19)20/h14H,2-13H2,1H3. The van der Waals surface area contributed by atoms with Crippen molar-refractivity contribution in [3.05, 3.63) is 0 Å². The van der Waals surface area contributed by atoms with E-state index in [1.54, 1.807) is 0 Å². The van der Waals surface area contributed by atoms with Crippen molar-refractivity contribution < 1.29 is 17.6 Å². The zero-order valence-electron chi connectivity index (χ0n) is 12.6. The summed E-state index contributed by atoms with van der Waals surface area (Å²) in [5, 5.41) is 0. The first-order valence-corrected chi connectivity index (χ1v) is 8.17. The number of hydrogen-bond acceptors (Lipinski definition) is 0. The maximum absolute atomic E-state index is 13.0. The molecule has 0 amide bonds. The molecule has 0 aromatic carbocycles. The Morgan fingerprint density at radius 1 is 0.750 bits per heavy atom. The van der Waals surface area contributed by atoms with Crippen LogP contribution in [-0.2, 0) is 0 Å². The van der Waals surface area contributed by atoms with Crippen molar-refractivity contribution in [2.75, 3.05) is 0 Å². The first-order chi connectivity index (χ1) is 9.42. The van der Waals surface area contributed by atoms with Gasteiger partial charge in [-0.3, -0.25) is 0 Å². The number of alkyl halides is 4.